The SMILES string of the molecule is CC.Cc1cccc(NC(c2ccccc2)(c2ccccc2)c2ccccc2)c1. The van der Waals surface area contributed by atoms with Crippen molar-refractivity contribution < 1.29 is 0 Å². The van der Waals surface area contributed by atoms with Crippen LogP contribution in [0.15, 0.2) is 115 Å². The Balaban J connectivity index is 0.00000117. The lowest BCUT2D eigenvalue weighted by molar-refractivity contribution is 0.711. The third-order valence-corrected chi connectivity index (χ3v) is 4.97. The van der Waals surface area contributed by atoms with Crippen molar-refractivity contribution in [2.24, 2.45) is 0 Å². The van der Waals surface area contributed by atoms with Gasteiger partial charge < -0.3 is 5.32 Å². The fourth-order valence-corrected chi connectivity index (χ4v) is 3.72. The van der Waals surface area contributed by atoms with Gasteiger partial charge in [0.15, 0.2) is 0 Å². The lowest BCUT2D eigenvalue weighted by Gasteiger charge is -2.38. The van der Waals surface area contributed by atoms with Crippen LogP contribution in [0.25, 0.3) is 0 Å². The lowest BCUT2D eigenvalue weighted by Crippen LogP contribution is -2.38. The second kappa shape index (κ2) is 9.75. The Morgan fingerprint density at radius 1 is 0.517 bits per heavy atom. The molecule has 146 valence electrons. The normalized spacial score (nSPS) is 10.6. The van der Waals surface area contributed by atoms with E-state index in [-0.39, 0.29) is 0 Å². The molecule has 0 spiro atoms. The highest BCUT2D eigenvalue weighted by Crippen LogP contribution is 2.39. The summed E-state index contributed by atoms with van der Waals surface area (Å²) in [6, 6.07) is 40.6. The van der Waals surface area contributed by atoms with Crippen LogP contribution in [0.1, 0.15) is 36.1 Å². The van der Waals surface area contributed by atoms with Crippen molar-refractivity contribution in [3.05, 3.63) is 138 Å². The average Bonchev–Trinajstić information content (AvgIpc) is 2.81. The monoisotopic (exact) mass is 379 g/mol. The van der Waals surface area contributed by atoms with Crippen molar-refractivity contribution in [2.75, 3.05) is 5.32 Å². The van der Waals surface area contributed by atoms with Gasteiger partial charge in [-0.25, -0.2) is 0 Å². The number of aryl methyl sites for hydroxylation is 1. The van der Waals surface area contributed by atoms with Gasteiger partial charge in [-0.15, -0.1) is 0 Å². The van der Waals surface area contributed by atoms with E-state index < -0.39 is 5.54 Å². The van der Waals surface area contributed by atoms with E-state index in [9.17, 15) is 0 Å². The van der Waals surface area contributed by atoms with E-state index >= 15 is 0 Å². The van der Waals surface area contributed by atoms with Gasteiger partial charge in [0.05, 0.1) is 0 Å². The molecule has 4 rings (SSSR count). The molecule has 0 unspecified atom stereocenters. The van der Waals surface area contributed by atoms with Crippen LogP contribution in [0.3, 0.4) is 0 Å². The molecule has 0 aromatic heterocycles. The molecule has 0 aliphatic rings. The fraction of sp³-hybridized carbons (Fsp3) is 0.143. The molecule has 0 fully saturated rings. The Morgan fingerprint density at radius 3 is 1.31 bits per heavy atom. The highest BCUT2D eigenvalue weighted by atomic mass is 15.0. The van der Waals surface area contributed by atoms with E-state index in [1.807, 2.05) is 13.8 Å². The predicted octanol–water partition coefficient (Wildman–Crippen LogP) is 7.43. The Kier molecular flexibility index (Phi) is 6.86. The van der Waals surface area contributed by atoms with E-state index in [1.54, 1.807) is 0 Å². The first kappa shape index (κ1) is 20.4. The largest absolute Gasteiger partial charge is 0.368 e. The molecular weight excluding hydrogens is 350 g/mol. The molecule has 4 aromatic rings. The third-order valence-electron chi connectivity index (χ3n) is 4.97. The minimum atomic E-state index is -0.475. The molecule has 0 radical (unpaired) electrons. The first-order valence-corrected chi connectivity index (χ1v) is 10.3. The maximum absolute atomic E-state index is 3.88. The zero-order chi connectivity index (χ0) is 20.5. The molecule has 0 saturated carbocycles. The molecule has 0 bridgehead atoms. The van der Waals surface area contributed by atoms with Gasteiger partial charge in [0.25, 0.3) is 0 Å². The Labute approximate surface area is 175 Å². The first-order valence-electron chi connectivity index (χ1n) is 10.3. The molecule has 1 nitrogen and oxygen atoms in total. The summed E-state index contributed by atoms with van der Waals surface area (Å²) >= 11 is 0. The number of nitrogens with one attached hydrogen (secondary N) is 1. The van der Waals surface area contributed by atoms with Crippen LogP contribution < -0.4 is 5.32 Å². The highest BCUT2D eigenvalue weighted by molar-refractivity contribution is 5.60. The van der Waals surface area contributed by atoms with Crippen molar-refractivity contribution in [3.63, 3.8) is 0 Å². The smallest absolute Gasteiger partial charge is 0.114 e. The molecule has 0 aliphatic heterocycles. The van der Waals surface area contributed by atoms with E-state index in [0.29, 0.717) is 0 Å². The second-order valence-corrected chi connectivity index (χ2v) is 6.84. The predicted molar refractivity (Wildman–Crippen MR) is 125 cm³/mol. The molecule has 29 heavy (non-hydrogen) atoms. The maximum atomic E-state index is 3.88. The Bertz CT molecular complexity index is 895. The van der Waals surface area contributed by atoms with Gasteiger partial charge in [0.2, 0.25) is 0 Å². The summed E-state index contributed by atoms with van der Waals surface area (Å²) in [6.07, 6.45) is 0. The van der Waals surface area contributed by atoms with Gasteiger partial charge in [0, 0.05) is 5.69 Å². The first-order chi connectivity index (χ1) is 14.3. The summed E-state index contributed by atoms with van der Waals surface area (Å²) in [5.41, 5.74) is 5.50. The second-order valence-electron chi connectivity index (χ2n) is 6.84. The summed E-state index contributed by atoms with van der Waals surface area (Å²) < 4.78 is 0. The minimum Gasteiger partial charge on any atom is -0.368 e. The van der Waals surface area contributed by atoms with E-state index in [0.717, 1.165) is 5.69 Å². The molecule has 0 heterocycles. The van der Waals surface area contributed by atoms with Gasteiger partial charge in [-0.05, 0) is 41.3 Å². The van der Waals surface area contributed by atoms with Crippen molar-refractivity contribution in [1.82, 2.24) is 0 Å². The van der Waals surface area contributed by atoms with Crippen molar-refractivity contribution in [1.29, 1.82) is 0 Å². The average molecular weight is 380 g/mol. The Hall–Kier alpha value is -3.32. The van der Waals surface area contributed by atoms with Crippen LogP contribution in [0.2, 0.25) is 0 Å². The zero-order valence-electron chi connectivity index (χ0n) is 17.5. The van der Waals surface area contributed by atoms with Gasteiger partial charge in [0.1, 0.15) is 5.54 Å². The molecule has 0 atom stereocenters. The fourth-order valence-electron chi connectivity index (χ4n) is 3.72. The van der Waals surface area contributed by atoms with Crippen molar-refractivity contribution >= 4 is 5.69 Å². The summed E-state index contributed by atoms with van der Waals surface area (Å²) in [5.74, 6) is 0. The van der Waals surface area contributed by atoms with Crippen LogP contribution in [0, 0.1) is 6.92 Å². The molecule has 0 amide bonds. The van der Waals surface area contributed by atoms with Crippen LogP contribution in [0.5, 0.6) is 0 Å². The van der Waals surface area contributed by atoms with E-state index in [4.69, 9.17) is 0 Å². The number of rotatable bonds is 5. The van der Waals surface area contributed by atoms with Crippen molar-refractivity contribution in [2.45, 2.75) is 26.3 Å². The highest BCUT2D eigenvalue weighted by Gasteiger charge is 2.36. The summed E-state index contributed by atoms with van der Waals surface area (Å²) in [6.45, 7) is 6.13. The molecule has 4 aromatic carbocycles. The Morgan fingerprint density at radius 2 is 0.931 bits per heavy atom. The third kappa shape index (κ3) is 4.41. The van der Waals surface area contributed by atoms with Gasteiger partial charge in [-0.2, -0.15) is 0 Å². The molecule has 1 heteroatoms. The maximum Gasteiger partial charge on any atom is 0.114 e. The van der Waals surface area contributed by atoms with Crippen LogP contribution in [0.4, 0.5) is 5.69 Å². The number of anilines is 1. The quantitative estimate of drug-likeness (QED) is 0.356. The summed E-state index contributed by atoms with van der Waals surface area (Å²) in [5, 5.41) is 3.88. The van der Waals surface area contributed by atoms with Crippen molar-refractivity contribution in [3.8, 4) is 0 Å². The molecule has 0 aliphatic carbocycles. The molecule has 1 N–H and O–H groups in total. The van der Waals surface area contributed by atoms with Gasteiger partial charge in [-0.3, -0.25) is 0 Å². The molecule has 0 saturated heterocycles. The van der Waals surface area contributed by atoms with Crippen LogP contribution >= 0.6 is 0 Å². The van der Waals surface area contributed by atoms with Gasteiger partial charge >= 0.3 is 0 Å². The number of hydrogen-bond acceptors (Lipinski definition) is 1. The summed E-state index contributed by atoms with van der Waals surface area (Å²) in [4.78, 5) is 0. The van der Waals surface area contributed by atoms with Gasteiger partial charge in [-0.1, -0.05) is 117 Å². The number of hydrogen-bond donors (Lipinski definition) is 1. The zero-order valence-corrected chi connectivity index (χ0v) is 17.5. The lowest BCUT2D eigenvalue weighted by atomic mass is 9.77. The summed E-state index contributed by atoms with van der Waals surface area (Å²) in [7, 11) is 0. The van der Waals surface area contributed by atoms with Crippen LogP contribution in [-0.4, -0.2) is 0 Å². The standard InChI is InChI=1S/C26H23N.C2H6/c1-21-12-11-19-25(20-21)27-26(22-13-5-2-6-14-22,23-15-7-3-8-16-23)24-17-9-4-10-18-24;1-2/h2-20,27H,1H3;1-2H3. The number of benzene rings is 4. The van der Waals surface area contributed by atoms with Crippen LogP contribution in [-0.2, 0) is 5.54 Å². The molecular formula is C28H29N. The topological polar surface area (TPSA) is 12.0 Å². The van der Waals surface area contributed by atoms with E-state index in [1.165, 1.54) is 22.3 Å². The van der Waals surface area contributed by atoms with E-state index in [2.05, 4.69) is 128 Å². The minimum absolute atomic E-state index is 0.475.